The average Bonchev–Trinajstić information content (AvgIpc) is 3.20. The number of aromatic carboxylic acids is 1. The Balaban J connectivity index is 1.67. The maximum Gasteiger partial charge on any atom is 0.335 e. The minimum atomic E-state index is -0.983. The van der Waals surface area contributed by atoms with E-state index in [-0.39, 0.29) is 5.56 Å². The van der Waals surface area contributed by atoms with Crippen molar-refractivity contribution < 1.29 is 9.90 Å². The van der Waals surface area contributed by atoms with Crippen LogP contribution in [0.15, 0.2) is 36.8 Å². The van der Waals surface area contributed by atoms with Crippen LogP contribution in [0.25, 0.3) is 11.0 Å². The van der Waals surface area contributed by atoms with Crippen molar-refractivity contribution in [3.63, 3.8) is 0 Å². The topological polar surface area (TPSA) is 123 Å². The monoisotopic (exact) mass is 378 g/mol. The number of carbonyl (C=O) groups is 1. The number of hydrogen-bond acceptors (Lipinski definition) is 7. The summed E-state index contributed by atoms with van der Waals surface area (Å²) in [4.78, 5) is 20.1. The van der Waals surface area contributed by atoms with Gasteiger partial charge in [0, 0.05) is 32.2 Å². The molecule has 10 heteroatoms. The smallest absolute Gasteiger partial charge is 0.335 e. The minimum absolute atomic E-state index is 0.201. The summed E-state index contributed by atoms with van der Waals surface area (Å²) in [7, 11) is 3.62. The van der Waals surface area contributed by atoms with Gasteiger partial charge in [-0.3, -0.25) is 4.68 Å². The van der Waals surface area contributed by atoms with Gasteiger partial charge in [0.05, 0.1) is 22.8 Å². The van der Waals surface area contributed by atoms with Gasteiger partial charge in [0.15, 0.2) is 11.5 Å². The van der Waals surface area contributed by atoms with E-state index in [1.807, 2.05) is 20.2 Å². The lowest BCUT2D eigenvalue weighted by molar-refractivity contribution is 0.0697. The Hall–Kier alpha value is -3.95. The number of anilines is 4. The van der Waals surface area contributed by atoms with E-state index in [0.29, 0.717) is 23.1 Å². The number of nitrogens with zero attached hydrogens (tertiary/aromatic N) is 6. The second kappa shape index (κ2) is 6.65. The first-order valence-electron chi connectivity index (χ1n) is 8.47. The van der Waals surface area contributed by atoms with Gasteiger partial charge < -0.3 is 15.7 Å². The van der Waals surface area contributed by atoms with Crippen molar-refractivity contribution in [3.05, 3.63) is 47.9 Å². The van der Waals surface area contributed by atoms with Gasteiger partial charge >= 0.3 is 5.97 Å². The number of carboxylic acid groups (broad SMARTS) is 1. The molecule has 0 saturated carbocycles. The van der Waals surface area contributed by atoms with E-state index in [4.69, 9.17) is 0 Å². The molecule has 3 N–H and O–H groups in total. The lowest BCUT2D eigenvalue weighted by Crippen LogP contribution is -2.00. The van der Waals surface area contributed by atoms with Crippen molar-refractivity contribution in [2.75, 3.05) is 10.6 Å². The number of fused-ring (bicyclic) bond motifs is 1. The number of benzene rings is 1. The van der Waals surface area contributed by atoms with E-state index in [2.05, 4.69) is 30.8 Å². The van der Waals surface area contributed by atoms with Crippen molar-refractivity contribution in [2.24, 2.45) is 14.1 Å². The highest BCUT2D eigenvalue weighted by Crippen LogP contribution is 2.27. The first-order valence-corrected chi connectivity index (χ1v) is 8.47. The number of carboxylic acids is 1. The molecule has 3 heterocycles. The number of aryl methyl sites for hydroxylation is 3. The summed E-state index contributed by atoms with van der Waals surface area (Å²) < 4.78 is 3.32. The number of nitrogens with one attached hydrogen (secondary N) is 2. The van der Waals surface area contributed by atoms with Crippen LogP contribution in [0.4, 0.5) is 23.1 Å². The van der Waals surface area contributed by atoms with Crippen LogP contribution in [0, 0.1) is 6.92 Å². The van der Waals surface area contributed by atoms with Gasteiger partial charge in [0.2, 0.25) is 5.95 Å². The SMILES string of the molecule is Cc1ccc(C(=O)O)cc1Nc1nn(C)c2nc(Nc3cnn(C)c3)ncc12. The standard InChI is InChI=1S/C18H18N8O2/c1-10-4-5-11(17(27)28)6-14(10)22-15-13-8-19-18(23-16(13)26(3)24-15)21-12-7-20-25(2)9-12/h4-9H,1-3H3,(H,22,24)(H,27,28)(H,19,21,23). The summed E-state index contributed by atoms with van der Waals surface area (Å²) in [6.45, 7) is 1.89. The number of hydrogen-bond donors (Lipinski definition) is 3. The summed E-state index contributed by atoms with van der Waals surface area (Å²) in [5, 5.41) is 24.8. The highest BCUT2D eigenvalue weighted by molar-refractivity contribution is 5.92. The summed E-state index contributed by atoms with van der Waals surface area (Å²) in [6.07, 6.45) is 5.18. The molecule has 28 heavy (non-hydrogen) atoms. The summed E-state index contributed by atoms with van der Waals surface area (Å²) in [5.74, 6) is -0.00134. The highest BCUT2D eigenvalue weighted by atomic mass is 16.4. The van der Waals surface area contributed by atoms with E-state index in [1.165, 1.54) is 0 Å². The van der Waals surface area contributed by atoms with Crippen LogP contribution >= 0.6 is 0 Å². The molecule has 4 rings (SSSR count). The van der Waals surface area contributed by atoms with Gasteiger partial charge in [-0.1, -0.05) is 6.07 Å². The van der Waals surface area contributed by atoms with E-state index < -0.39 is 5.97 Å². The van der Waals surface area contributed by atoms with E-state index in [0.717, 1.165) is 16.6 Å². The first-order chi connectivity index (χ1) is 13.4. The highest BCUT2D eigenvalue weighted by Gasteiger charge is 2.14. The van der Waals surface area contributed by atoms with Crippen LogP contribution < -0.4 is 10.6 Å². The molecule has 0 atom stereocenters. The predicted molar refractivity (Wildman–Crippen MR) is 104 cm³/mol. The molecule has 142 valence electrons. The summed E-state index contributed by atoms with van der Waals surface area (Å²) in [6, 6.07) is 4.90. The van der Waals surface area contributed by atoms with Gasteiger partial charge in [-0.15, -0.1) is 0 Å². The lowest BCUT2D eigenvalue weighted by Gasteiger charge is -2.08. The van der Waals surface area contributed by atoms with Crippen LogP contribution in [-0.2, 0) is 14.1 Å². The van der Waals surface area contributed by atoms with E-state index in [1.54, 1.807) is 47.0 Å². The van der Waals surface area contributed by atoms with Crippen molar-refractivity contribution in [1.82, 2.24) is 29.5 Å². The molecule has 0 spiro atoms. The molecule has 10 nitrogen and oxygen atoms in total. The van der Waals surface area contributed by atoms with Crippen LogP contribution in [0.2, 0.25) is 0 Å². The third-order valence-corrected chi connectivity index (χ3v) is 4.28. The Morgan fingerprint density at radius 3 is 2.71 bits per heavy atom. The molecular weight excluding hydrogens is 360 g/mol. The molecule has 0 bridgehead atoms. The maximum absolute atomic E-state index is 11.2. The quantitative estimate of drug-likeness (QED) is 0.484. The second-order valence-corrected chi connectivity index (χ2v) is 6.39. The Bertz CT molecular complexity index is 1190. The summed E-state index contributed by atoms with van der Waals surface area (Å²) in [5.41, 5.74) is 3.18. The van der Waals surface area contributed by atoms with Crippen molar-refractivity contribution >= 4 is 40.1 Å². The molecule has 0 fully saturated rings. The van der Waals surface area contributed by atoms with Crippen LogP contribution in [0.5, 0.6) is 0 Å². The van der Waals surface area contributed by atoms with Gasteiger partial charge in [0.25, 0.3) is 0 Å². The van der Waals surface area contributed by atoms with Crippen molar-refractivity contribution in [3.8, 4) is 0 Å². The number of aromatic nitrogens is 6. The fourth-order valence-electron chi connectivity index (χ4n) is 2.82. The molecule has 0 aliphatic rings. The zero-order chi connectivity index (χ0) is 19.8. The Kier molecular flexibility index (Phi) is 4.15. The molecule has 0 saturated heterocycles. The second-order valence-electron chi connectivity index (χ2n) is 6.39. The first kappa shape index (κ1) is 17.5. The van der Waals surface area contributed by atoms with Gasteiger partial charge in [0.1, 0.15) is 0 Å². The molecule has 0 aliphatic carbocycles. The normalized spacial score (nSPS) is 11.0. The fourth-order valence-corrected chi connectivity index (χ4v) is 2.82. The molecule has 0 aliphatic heterocycles. The van der Waals surface area contributed by atoms with Gasteiger partial charge in [-0.05, 0) is 24.6 Å². The van der Waals surface area contributed by atoms with E-state index in [9.17, 15) is 9.90 Å². The Morgan fingerprint density at radius 2 is 2.00 bits per heavy atom. The summed E-state index contributed by atoms with van der Waals surface area (Å²) >= 11 is 0. The third-order valence-electron chi connectivity index (χ3n) is 4.28. The third kappa shape index (κ3) is 3.22. The molecule has 0 amide bonds. The lowest BCUT2D eigenvalue weighted by atomic mass is 10.1. The van der Waals surface area contributed by atoms with Crippen LogP contribution in [0.1, 0.15) is 15.9 Å². The zero-order valence-electron chi connectivity index (χ0n) is 15.5. The Morgan fingerprint density at radius 1 is 1.18 bits per heavy atom. The molecule has 3 aromatic heterocycles. The Labute approximate surface area is 159 Å². The average molecular weight is 378 g/mol. The van der Waals surface area contributed by atoms with Crippen LogP contribution in [0.3, 0.4) is 0 Å². The largest absolute Gasteiger partial charge is 0.478 e. The van der Waals surface area contributed by atoms with Crippen molar-refractivity contribution in [2.45, 2.75) is 6.92 Å². The molecule has 4 aromatic rings. The van der Waals surface area contributed by atoms with Crippen molar-refractivity contribution in [1.29, 1.82) is 0 Å². The maximum atomic E-state index is 11.2. The molecule has 0 radical (unpaired) electrons. The molecule has 1 aromatic carbocycles. The van der Waals surface area contributed by atoms with Crippen LogP contribution in [-0.4, -0.2) is 40.6 Å². The number of rotatable bonds is 5. The van der Waals surface area contributed by atoms with Gasteiger partial charge in [-0.2, -0.15) is 15.2 Å². The van der Waals surface area contributed by atoms with Gasteiger partial charge in [-0.25, -0.2) is 14.5 Å². The molecular formula is C18H18N8O2. The van der Waals surface area contributed by atoms with E-state index >= 15 is 0 Å². The molecule has 0 unspecified atom stereocenters. The fraction of sp³-hybridized carbons (Fsp3) is 0.167. The minimum Gasteiger partial charge on any atom is -0.478 e. The predicted octanol–water partition coefficient (Wildman–Crippen LogP) is 2.59. The zero-order valence-corrected chi connectivity index (χ0v) is 15.5.